The average Bonchev–Trinajstić information content (AvgIpc) is 3.23. The first kappa shape index (κ1) is 17.0. The Labute approximate surface area is 157 Å². The van der Waals surface area contributed by atoms with Gasteiger partial charge in [0.15, 0.2) is 10.9 Å². The van der Waals surface area contributed by atoms with Crippen LogP contribution < -0.4 is 0 Å². The van der Waals surface area contributed by atoms with Crippen LogP contribution in [0.25, 0.3) is 11.1 Å². The van der Waals surface area contributed by atoms with Gasteiger partial charge in [-0.3, -0.25) is 4.79 Å². The number of thioether (sulfide) groups is 1. The number of unbranched alkanes of at least 4 members (excludes halogenated alkanes) is 1. The standard InChI is InChI=1S/C21H21N3OS/c1-24-14-22-23-21(24)26-11-5-4-8-20(25)16-9-10-19-17(13-16)12-15-6-2-3-7-18(15)19/h2-3,6-7,9-10,13-14H,4-5,8,11-12H2,1H3. The van der Waals surface area contributed by atoms with E-state index in [9.17, 15) is 4.79 Å². The molecule has 0 bridgehead atoms. The second kappa shape index (κ2) is 7.46. The van der Waals surface area contributed by atoms with Crippen LogP contribution in [-0.4, -0.2) is 26.3 Å². The number of carbonyl (C=O) groups excluding carboxylic acids is 1. The molecule has 0 atom stereocenters. The van der Waals surface area contributed by atoms with Gasteiger partial charge in [0.1, 0.15) is 6.33 Å². The molecular weight excluding hydrogens is 342 g/mol. The van der Waals surface area contributed by atoms with Crippen molar-refractivity contribution >= 4 is 17.5 Å². The van der Waals surface area contributed by atoms with Crippen molar-refractivity contribution in [2.75, 3.05) is 5.75 Å². The van der Waals surface area contributed by atoms with Crippen molar-refractivity contribution in [3.63, 3.8) is 0 Å². The molecule has 2 aromatic carbocycles. The fraction of sp³-hybridized carbons (Fsp3) is 0.286. The van der Waals surface area contributed by atoms with Gasteiger partial charge in [-0.2, -0.15) is 0 Å². The Morgan fingerprint density at radius 2 is 1.96 bits per heavy atom. The molecule has 0 spiro atoms. The molecule has 132 valence electrons. The van der Waals surface area contributed by atoms with Gasteiger partial charge in [-0.1, -0.05) is 48.2 Å². The molecule has 1 heterocycles. The Bertz CT molecular complexity index is 948. The maximum absolute atomic E-state index is 12.5. The number of carbonyl (C=O) groups is 1. The van der Waals surface area contributed by atoms with Gasteiger partial charge in [0.25, 0.3) is 0 Å². The lowest BCUT2D eigenvalue weighted by molar-refractivity contribution is 0.0980. The Hall–Kier alpha value is -2.40. The third kappa shape index (κ3) is 3.44. The third-order valence-electron chi connectivity index (χ3n) is 4.81. The first-order valence-electron chi connectivity index (χ1n) is 8.93. The molecule has 0 saturated carbocycles. The molecule has 0 N–H and O–H groups in total. The van der Waals surface area contributed by atoms with E-state index in [-0.39, 0.29) is 5.78 Å². The number of ketones is 1. The second-order valence-corrected chi connectivity index (χ2v) is 7.72. The molecule has 1 aliphatic carbocycles. The maximum Gasteiger partial charge on any atom is 0.190 e. The summed E-state index contributed by atoms with van der Waals surface area (Å²) in [7, 11) is 1.94. The van der Waals surface area contributed by atoms with Crippen molar-refractivity contribution in [2.24, 2.45) is 7.05 Å². The van der Waals surface area contributed by atoms with Crippen LogP contribution >= 0.6 is 11.8 Å². The van der Waals surface area contributed by atoms with Crippen molar-refractivity contribution in [3.05, 3.63) is 65.5 Å². The smallest absolute Gasteiger partial charge is 0.190 e. The van der Waals surface area contributed by atoms with E-state index in [1.807, 2.05) is 17.7 Å². The number of nitrogens with zero attached hydrogens (tertiary/aromatic N) is 3. The molecule has 1 aromatic heterocycles. The molecule has 0 amide bonds. The number of fused-ring (bicyclic) bond motifs is 3. The van der Waals surface area contributed by atoms with Crippen molar-refractivity contribution in [2.45, 2.75) is 30.8 Å². The van der Waals surface area contributed by atoms with Crippen molar-refractivity contribution < 1.29 is 4.79 Å². The molecule has 26 heavy (non-hydrogen) atoms. The predicted molar refractivity (Wildman–Crippen MR) is 105 cm³/mol. The summed E-state index contributed by atoms with van der Waals surface area (Å²) in [6, 6.07) is 14.7. The van der Waals surface area contributed by atoms with E-state index in [1.165, 1.54) is 22.3 Å². The van der Waals surface area contributed by atoms with Crippen LogP contribution in [-0.2, 0) is 13.5 Å². The Kier molecular flexibility index (Phi) is 4.89. The molecule has 0 radical (unpaired) electrons. The van der Waals surface area contributed by atoms with E-state index in [0.717, 1.165) is 35.7 Å². The number of benzene rings is 2. The first-order chi connectivity index (χ1) is 12.7. The molecule has 0 aliphatic heterocycles. The van der Waals surface area contributed by atoms with Gasteiger partial charge >= 0.3 is 0 Å². The normalized spacial score (nSPS) is 12.0. The summed E-state index contributed by atoms with van der Waals surface area (Å²) >= 11 is 1.69. The van der Waals surface area contributed by atoms with Gasteiger partial charge in [0, 0.05) is 24.8 Å². The van der Waals surface area contributed by atoms with E-state index in [4.69, 9.17) is 0 Å². The minimum absolute atomic E-state index is 0.243. The third-order valence-corrected chi connectivity index (χ3v) is 5.94. The van der Waals surface area contributed by atoms with E-state index >= 15 is 0 Å². The maximum atomic E-state index is 12.5. The number of aryl methyl sites for hydroxylation is 1. The van der Waals surface area contributed by atoms with Crippen LogP contribution in [0.2, 0.25) is 0 Å². The molecule has 3 aromatic rings. The quantitative estimate of drug-likeness (QED) is 0.275. The van der Waals surface area contributed by atoms with E-state index < -0.39 is 0 Å². The monoisotopic (exact) mass is 363 g/mol. The first-order valence-corrected chi connectivity index (χ1v) is 9.92. The largest absolute Gasteiger partial charge is 0.312 e. The van der Waals surface area contributed by atoms with Gasteiger partial charge < -0.3 is 4.57 Å². The molecule has 0 fully saturated rings. The highest BCUT2D eigenvalue weighted by Crippen LogP contribution is 2.36. The van der Waals surface area contributed by atoms with Gasteiger partial charge in [-0.05, 0) is 47.6 Å². The summed E-state index contributed by atoms with van der Waals surface area (Å²) in [4.78, 5) is 12.5. The SMILES string of the molecule is Cn1cnnc1SCCCCC(=O)c1ccc2c(c1)Cc1ccccc1-2. The number of hydrogen-bond donors (Lipinski definition) is 0. The number of Topliss-reactive ketones (excluding diaryl/α,β-unsaturated/α-hetero) is 1. The highest BCUT2D eigenvalue weighted by atomic mass is 32.2. The van der Waals surface area contributed by atoms with Crippen molar-refractivity contribution in [3.8, 4) is 11.1 Å². The summed E-state index contributed by atoms with van der Waals surface area (Å²) in [6.45, 7) is 0. The van der Waals surface area contributed by atoms with E-state index in [2.05, 4.69) is 46.6 Å². The second-order valence-electron chi connectivity index (χ2n) is 6.66. The van der Waals surface area contributed by atoms with Gasteiger partial charge in [0.05, 0.1) is 0 Å². The predicted octanol–water partition coefficient (Wildman–Crippen LogP) is 4.53. The Morgan fingerprint density at radius 1 is 1.12 bits per heavy atom. The lowest BCUT2D eigenvalue weighted by Crippen LogP contribution is -2.00. The zero-order valence-corrected chi connectivity index (χ0v) is 15.6. The Balaban J connectivity index is 1.30. The summed E-state index contributed by atoms with van der Waals surface area (Å²) in [6.07, 6.45) is 5.14. The van der Waals surface area contributed by atoms with Crippen molar-refractivity contribution in [1.29, 1.82) is 0 Å². The number of rotatable bonds is 7. The molecular formula is C21H21N3OS. The highest BCUT2D eigenvalue weighted by molar-refractivity contribution is 7.99. The van der Waals surface area contributed by atoms with Crippen LogP contribution in [0.4, 0.5) is 0 Å². The summed E-state index contributed by atoms with van der Waals surface area (Å²) in [5.74, 6) is 1.20. The molecule has 4 rings (SSSR count). The van der Waals surface area contributed by atoms with Crippen LogP contribution in [0.3, 0.4) is 0 Å². The molecule has 5 heteroatoms. The van der Waals surface area contributed by atoms with Gasteiger partial charge in [-0.15, -0.1) is 10.2 Å². The molecule has 0 saturated heterocycles. The average molecular weight is 363 g/mol. The van der Waals surface area contributed by atoms with Crippen LogP contribution in [0, 0.1) is 0 Å². The zero-order chi connectivity index (χ0) is 17.9. The van der Waals surface area contributed by atoms with Crippen molar-refractivity contribution in [1.82, 2.24) is 14.8 Å². The fourth-order valence-corrected chi connectivity index (χ4v) is 4.30. The lowest BCUT2D eigenvalue weighted by Gasteiger charge is -2.05. The van der Waals surface area contributed by atoms with Gasteiger partial charge in [-0.25, -0.2) is 0 Å². The number of aromatic nitrogens is 3. The summed E-state index contributed by atoms with van der Waals surface area (Å²) in [5, 5.41) is 8.85. The highest BCUT2D eigenvalue weighted by Gasteiger charge is 2.19. The zero-order valence-electron chi connectivity index (χ0n) is 14.8. The van der Waals surface area contributed by atoms with Crippen LogP contribution in [0.5, 0.6) is 0 Å². The van der Waals surface area contributed by atoms with Crippen LogP contribution in [0.1, 0.15) is 40.7 Å². The topological polar surface area (TPSA) is 47.8 Å². The lowest BCUT2D eigenvalue weighted by atomic mass is 9.99. The minimum Gasteiger partial charge on any atom is -0.312 e. The molecule has 1 aliphatic rings. The fourth-order valence-electron chi connectivity index (χ4n) is 3.42. The van der Waals surface area contributed by atoms with Gasteiger partial charge in [0.2, 0.25) is 0 Å². The molecule has 0 unspecified atom stereocenters. The summed E-state index contributed by atoms with van der Waals surface area (Å²) < 4.78 is 1.92. The summed E-state index contributed by atoms with van der Waals surface area (Å²) in [5.41, 5.74) is 6.06. The number of hydrogen-bond acceptors (Lipinski definition) is 4. The molecule has 4 nitrogen and oxygen atoms in total. The Morgan fingerprint density at radius 3 is 2.81 bits per heavy atom. The van der Waals surface area contributed by atoms with E-state index in [1.54, 1.807) is 18.1 Å². The van der Waals surface area contributed by atoms with E-state index in [0.29, 0.717) is 6.42 Å². The van der Waals surface area contributed by atoms with Crippen LogP contribution in [0.15, 0.2) is 53.9 Å². The minimum atomic E-state index is 0.243.